The molecule has 0 unspecified atom stereocenters. The van der Waals surface area contributed by atoms with E-state index >= 15 is 0 Å². The summed E-state index contributed by atoms with van der Waals surface area (Å²) in [5.74, 6) is 0.755. The number of hydrogen-bond donors (Lipinski definition) is 2. The largest absolute Gasteiger partial charge is 0.494 e. The molecular formula is C18H21ClN2O2. The lowest BCUT2D eigenvalue weighted by Crippen LogP contribution is -2.16. The van der Waals surface area contributed by atoms with Crippen molar-refractivity contribution in [2.24, 2.45) is 0 Å². The highest BCUT2D eigenvalue weighted by Gasteiger charge is 2.05. The number of hydrogen-bond acceptors (Lipinski definition) is 3. The third kappa shape index (κ3) is 5.18. The molecule has 0 aliphatic carbocycles. The fraction of sp³-hybridized carbons (Fsp3) is 0.278. The highest BCUT2D eigenvalue weighted by atomic mass is 35.5. The Morgan fingerprint density at radius 1 is 1.17 bits per heavy atom. The van der Waals surface area contributed by atoms with Crippen LogP contribution in [0.3, 0.4) is 0 Å². The monoisotopic (exact) mass is 332 g/mol. The van der Waals surface area contributed by atoms with Crippen LogP contribution < -0.4 is 15.4 Å². The zero-order valence-corrected chi connectivity index (χ0v) is 14.1. The van der Waals surface area contributed by atoms with E-state index in [4.69, 9.17) is 16.3 Å². The maximum absolute atomic E-state index is 12.0. The summed E-state index contributed by atoms with van der Waals surface area (Å²) in [6.45, 7) is 5.05. The van der Waals surface area contributed by atoms with E-state index in [9.17, 15) is 4.79 Å². The van der Waals surface area contributed by atoms with E-state index in [1.54, 1.807) is 0 Å². The fourth-order valence-electron chi connectivity index (χ4n) is 2.13. The molecule has 122 valence electrons. The van der Waals surface area contributed by atoms with Crippen molar-refractivity contribution in [3.63, 3.8) is 0 Å². The number of anilines is 2. The van der Waals surface area contributed by atoms with Gasteiger partial charge in [-0.2, -0.15) is 0 Å². The Labute approximate surface area is 141 Å². The van der Waals surface area contributed by atoms with E-state index in [0.29, 0.717) is 24.6 Å². The Morgan fingerprint density at radius 3 is 2.61 bits per heavy atom. The van der Waals surface area contributed by atoms with E-state index in [1.165, 1.54) is 0 Å². The van der Waals surface area contributed by atoms with Crippen molar-refractivity contribution in [3.05, 3.63) is 53.1 Å². The third-order valence-corrected chi connectivity index (χ3v) is 3.79. The van der Waals surface area contributed by atoms with E-state index in [2.05, 4.69) is 10.6 Å². The van der Waals surface area contributed by atoms with Gasteiger partial charge in [0.1, 0.15) is 5.75 Å². The van der Waals surface area contributed by atoms with Crippen molar-refractivity contribution >= 4 is 28.9 Å². The molecule has 0 radical (unpaired) electrons. The van der Waals surface area contributed by atoms with Gasteiger partial charge in [-0.15, -0.1) is 0 Å². The van der Waals surface area contributed by atoms with Gasteiger partial charge in [-0.1, -0.05) is 17.7 Å². The van der Waals surface area contributed by atoms with Gasteiger partial charge in [0, 0.05) is 29.4 Å². The summed E-state index contributed by atoms with van der Waals surface area (Å²) in [5.41, 5.74) is 2.70. The second-order valence-electron chi connectivity index (χ2n) is 5.09. The Kier molecular flexibility index (Phi) is 6.29. The van der Waals surface area contributed by atoms with Gasteiger partial charge in [-0.25, -0.2) is 0 Å². The van der Waals surface area contributed by atoms with Gasteiger partial charge < -0.3 is 15.4 Å². The summed E-state index contributed by atoms with van der Waals surface area (Å²) >= 11 is 6.07. The molecule has 0 aromatic heterocycles. The summed E-state index contributed by atoms with van der Waals surface area (Å²) in [5, 5.41) is 6.81. The Morgan fingerprint density at radius 2 is 1.91 bits per heavy atom. The van der Waals surface area contributed by atoms with Crippen LogP contribution in [0.1, 0.15) is 18.9 Å². The van der Waals surface area contributed by atoms with Gasteiger partial charge in [0.25, 0.3) is 0 Å². The summed E-state index contributed by atoms with van der Waals surface area (Å²) in [6, 6.07) is 13.0. The summed E-state index contributed by atoms with van der Waals surface area (Å²) in [4.78, 5) is 12.0. The number of halogens is 1. The predicted octanol–water partition coefficient (Wildman–Crippen LogP) is 4.49. The standard InChI is InChI=1S/C18H21ClN2O2/c1-3-23-15-9-7-14(8-10-15)21-18(22)11-12-20-17-6-4-5-16(19)13(17)2/h4-10,20H,3,11-12H2,1-2H3,(H,21,22). The Hall–Kier alpha value is -2.20. The molecule has 0 saturated carbocycles. The third-order valence-electron chi connectivity index (χ3n) is 3.38. The molecule has 2 aromatic rings. The van der Waals surface area contributed by atoms with Crippen molar-refractivity contribution in [2.45, 2.75) is 20.3 Å². The first-order valence-corrected chi connectivity index (χ1v) is 7.99. The van der Waals surface area contributed by atoms with Gasteiger partial charge in [-0.05, 0) is 55.8 Å². The lowest BCUT2D eigenvalue weighted by molar-refractivity contribution is -0.115. The number of amides is 1. The zero-order chi connectivity index (χ0) is 16.7. The van der Waals surface area contributed by atoms with Crippen LogP contribution >= 0.6 is 11.6 Å². The summed E-state index contributed by atoms with van der Waals surface area (Å²) in [7, 11) is 0. The molecule has 2 N–H and O–H groups in total. The first-order chi connectivity index (χ1) is 11.1. The normalized spacial score (nSPS) is 10.2. The fourth-order valence-corrected chi connectivity index (χ4v) is 2.31. The van der Waals surface area contributed by atoms with E-state index in [0.717, 1.165) is 22.7 Å². The van der Waals surface area contributed by atoms with E-state index in [1.807, 2.05) is 56.3 Å². The minimum atomic E-state index is -0.0404. The average Bonchev–Trinajstić information content (AvgIpc) is 2.54. The van der Waals surface area contributed by atoms with Crippen LogP contribution in [-0.2, 0) is 4.79 Å². The topological polar surface area (TPSA) is 50.4 Å². The minimum absolute atomic E-state index is 0.0404. The smallest absolute Gasteiger partial charge is 0.226 e. The van der Waals surface area contributed by atoms with Crippen LogP contribution in [-0.4, -0.2) is 19.1 Å². The van der Waals surface area contributed by atoms with Crippen LogP contribution in [0.4, 0.5) is 11.4 Å². The van der Waals surface area contributed by atoms with Crippen molar-refractivity contribution in [3.8, 4) is 5.75 Å². The minimum Gasteiger partial charge on any atom is -0.494 e. The SMILES string of the molecule is CCOc1ccc(NC(=O)CCNc2cccc(Cl)c2C)cc1. The molecule has 0 spiro atoms. The molecule has 2 rings (SSSR count). The molecule has 2 aromatic carbocycles. The maximum Gasteiger partial charge on any atom is 0.226 e. The lowest BCUT2D eigenvalue weighted by Gasteiger charge is -2.11. The van der Waals surface area contributed by atoms with Gasteiger partial charge in [0.2, 0.25) is 5.91 Å². The van der Waals surface area contributed by atoms with E-state index in [-0.39, 0.29) is 5.91 Å². The van der Waals surface area contributed by atoms with Crippen LogP contribution in [0.5, 0.6) is 5.75 Å². The zero-order valence-electron chi connectivity index (χ0n) is 13.4. The average molecular weight is 333 g/mol. The van der Waals surface area contributed by atoms with Crippen molar-refractivity contribution < 1.29 is 9.53 Å². The van der Waals surface area contributed by atoms with Crippen LogP contribution in [0.2, 0.25) is 5.02 Å². The number of carbonyl (C=O) groups excluding carboxylic acids is 1. The second-order valence-corrected chi connectivity index (χ2v) is 5.50. The quantitative estimate of drug-likeness (QED) is 0.785. The summed E-state index contributed by atoms with van der Waals surface area (Å²) < 4.78 is 5.37. The van der Waals surface area contributed by atoms with Crippen LogP contribution in [0, 0.1) is 6.92 Å². The maximum atomic E-state index is 12.0. The lowest BCUT2D eigenvalue weighted by atomic mass is 10.2. The first kappa shape index (κ1) is 17.2. The van der Waals surface area contributed by atoms with Crippen LogP contribution in [0.25, 0.3) is 0 Å². The molecule has 0 saturated heterocycles. The molecular weight excluding hydrogens is 312 g/mol. The molecule has 0 bridgehead atoms. The van der Waals surface area contributed by atoms with Crippen molar-refractivity contribution in [1.29, 1.82) is 0 Å². The molecule has 0 aliphatic rings. The van der Waals surface area contributed by atoms with Gasteiger partial charge in [0.15, 0.2) is 0 Å². The molecule has 0 atom stereocenters. The summed E-state index contributed by atoms with van der Waals surface area (Å²) in [6.07, 6.45) is 0.374. The first-order valence-electron chi connectivity index (χ1n) is 7.62. The molecule has 23 heavy (non-hydrogen) atoms. The number of ether oxygens (including phenoxy) is 1. The van der Waals surface area contributed by atoms with Crippen molar-refractivity contribution in [2.75, 3.05) is 23.8 Å². The number of carbonyl (C=O) groups is 1. The van der Waals surface area contributed by atoms with Gasteiger partial charge >= 0.3 is 0 Å². The molecule has 4 nitrogen and oxygen atoms in total. The number of rotatable bonds is 7. The van der Waals surface area contributed by atoms with Gasteiger partial charge in [0.05, 0.1) is 6.61 Å². The molecule has 1 amide bonds. The van der Waals surface area contributed by atoms with E-state index < -0.39 is 0 Å². The second kappa shape index (κ2) is 8.44. The highest BCUT2D eigenvalue weighted by Crippen LogP contribution is 2.22. The number of benzene rings is 2. The highest BCUT2D eigenvalue weighted by molar-refractivity contribution is 6.31. The molecule has 0 aliphatic heterocycles. The number of nitrogens with one attached hydrogen (secondary N) is 2. The van der Waals surface area contributed by atoms with Gasteiger partial charge in [-0.3, -0.25) is 4.79 Å². The predicted molar refractivity (Wildman–Crippen MR) is 95.5 cm³/mol. The Bertz CT molecular complexity index is 657. The van der Waals surface area contributed by atoms with Crippen LogP contribution in [0.15, 0.2) is 42.5 Å². The molecule has 0 fully saturated rings. The Balaban J connectivity index is 1.80. The molecule has 0 heterocycles. The molecule has 5 heteroatoms. The van der Waals surface area contributed by atoms with Crippen molar-refractivity contribution in [1.82, 2.24) is 0 Å².